The topological polar surface area (TPSA) is 165 Å². The second-order valence-electron chi connectivity index (χ2n) is 10.3. The molecule has 0 fully saturated rings. The largest absolute Gasteiger partial charge is 0.465 e. The number of aryl methyl sites for hydroxylation is 1. The number of nitrogens with zero attached hydrogens (tertiary/aromatic N) is 4. The number of nitro benzene ring substituents is 1. The lowest BCUT2D eigenvalue weighted by atomic mass is 9.86. The zero-order valence-electron chi connectivity index (χ0n) is 22.4. The van der Waals surface area contributed by atoms with E-state index >= 15 is 0 Å². The van der Waals surface area contributed by atoms with Crippen molar-refractivity contribution in [1.82, 2.24) is 9.55 Å². The van der Waals surface area contributed by atoms with Gasteiger partial charge in [0.05, 0.1) is 40.5 Å². The minimum absolute atomic E-state index is 0.00228. The summed E-state index contributed by atoms with van der Waals surface area (Å²) in [6, 6.07) is 9.32. The van der Waals surface area contributed by atoms with E-state index in [0.29, 0.717) is 22.1 Å². The summed E-state index contributed by atoms with van der Waals surface area (Å²) >= 11 is 0. The summed E-state index contributed by atoms with van der Waals surface area (Å²) in [5.41, 5.74) is -0.291. The van der Waals surface area contributed by atoms with Gasteiger partial charge in [0, 0.05) is 40.4 Å². The predicted octanol–water partition coefficient (Wildman–Crippen LogP) is 4.12. The maximum atomic E-state index is 14.7. The van der Waals surface area contributed by atoms with E-state index in [4.69, 9.17) is 4.74 Å². The summed E-state index contributed by atoms with van der Waals surface area (Å²) in [6.07, 6.45) is -1.38. The first-order chi connectivity index (χ1) is 19.9. The van der Waals surface area contributed by atoms with E-state index in [0.717, 1.165) is 4.90 Å². The van der Waals surface area contributed by atoms with Crippen LogP contribution in [0, 0.1) is 22.9 Å². The van der Waals surface area contributed by atoms with Crippen molar-refractivity contribution >= 4 is 34.3 Å². The molecule has 2 aromatic carbocycles. The Morgan fingerprint density at radius 2 is 1.93 bits per heavy atom. The van der Waals surface area contributed by atoms with Gasteiger partial charge in [-0.15, -0.1) is 0 Å². The minimum atomic E-state index is -2.04. The molecule has 4 heterocycles. The monoisotopic (exact) mass is 574 g/mol. The van der Waals surface area contributed by atoms with E-state index in [-0.39, 0.29) is 65.5 Å². The number of esters is 1. The molecule has 2 aliphatic heterocycles. The summed E-state index contributed by atoms with van der Waals surface area (Å²) in [5, 5.41) is 32.9. The minimum Gasteiger partial charge on any atom is -0.465 e. The molecule has 0 unspecified atom stereocenters. The number of hydrogen-bond donors (Lipinski definition) is 2. The normalized spacial score (nSPS) is 16.9. The third-order valence-corrected chi connectivity index (χ3v) is 8.01. The van der Waals surface area contributed by atoms with E-state index in [2.05, 4.69) is 4.98 Å². The van der Waals surface area contributed by atoms with Gasteiger partial charge in [0.15, 0.2) is 5.60 Å². The highest BCUT2D eigenvalue weighted by atomic mass is 19.1. The van der Waals surface area contributed by atoms with Gasteiger partial charge in [-0.2, -0.15) is 0 Å². The van der Waals surface area contributed by atoms with Crippen molar-refractivity contribution in [3.05, 3.63) is 96.6 Å². The molecule has 0 spiro atoms. The predicted molar refractivity (Wildman–Crippen MR) is 147 cm³/mol. The van der Waals surface area contributed by atoms with Crippen LogP contribution in [-0.4, -0.2) is 36.7 Å². The number of halogens is 1. The number of carbonyl (C=O) groups is 2. The maximum absolute atomic E-state index is 14.7. The highest BCUT2D eigenvalue weighted by Crippen LogP contribution is 2.41. The number of hydrogen-bond acceptors (Lipinski definition) is 8. The average molecular weight is 575 g/mol. The molecule has 0 aliphatic carbocycles. The second-order valence-corrected chi connectivity index (χ2v) is 10.3. The number of non-ortho nitro benzene ring substituents is 1. The number of pyridine rings is 2. The van der Waals surface area contributed by atoms with Crippen molar-refractivity contribution < 1.29 is 33.9 Å². The number of ether oxygens (including phenoxy) is 1. The molecule has 0 radical (unpaired) electrons. The van der Waals surface area contributed by atoms with Crippen molar-refractivity contribution in [2.24, 2.45) is 0 Å². The van der Waals surface area contributed by atoms with Crippen LogP contribution in [0.1, 0.15) is 41.2 Å². The number of aliphatic hydroxyl groups is 1. The molecule has 1 amide bonds. The van der Waals surface area contributed by atoms with Crippen molar-refractivity contribution in [2.75, 3.05) is 4.90 Å². The highest BCUT2D eigenvalue weighted by molar-refractivity contribution is 5.92. The highest BCUT2D eigenvalue weighted by Gasteiger charge is 2.45. The maximum Gasteiger partial charge on any atom is 0.412 e. The number of amides is 1. The van der Waals surface area contributed by atoms with Gasteiger partial charge in [0.2, 0.25) is 0 Å². The zero-order chi connectivity index (χ0) is 30.1. The molecular formula is C29H23FN4O8. The second kappa shape index (κ2) is 9.45. The van der Waals surface area contributed by atoms with Crippen LogP contribution in [0.5, 0.6) is 0 Å². The number of carboxylic acid groups (broad SMARTS) is 1. The number of benzene rings is 2. The number of rotatable bonds is 5. The number of cyclic esters (lactones) is 1. The Kier molecular flexibility index (Phi) is 6.08. The first kappa shape index (κ1) is 27.0. The molecule has 2 aliphatic rings. The lowest BCUT2D eigenvalue weighted by molar-refractivity contribution is -0.384. The third-order valence-electron chi connectivity index (χ3n) is 8.01. The molecule has 0 saturated heterocycles. The summed E-state index contributed by atoms with van der Waals surface area (Å²) in [4.78, 5) is 54.8. The molecular weight excluding hydrogens is 551 g/mol. The summed E-state index contributed by atoms with van der Waals surface area (Å²) in [7, 11) is 0. The fourth-order valence-electron chi connectivity index (χ4n) is 5.65. The smallest absolute Gasteiger partial charge is 0.412 e. The Morgan fingerprint density at radius 3 is 2.57 bits per heavy atom. The van der Waals surface area contributed by atoms with Crippen molar-refractivity contribution in [3.63, 3.8) is 0 Å². The molecule has 42 heavy (non-hydrogen) atoms. The molecule has 1 atom stereocenters. The molecule has 13 heteroatoms. The quantitative estimate of drug-likeness (QED) is 0.178. The Hall–Kier alpha value is -5.17. The van der Waals surface area contributed by atoms with Gasteiger partial charge in [-0.3, -0.25) is 19.8 Å². The molecule has 6 rings (SSSR count). The van der Waals surface area contributed by atoms with E-state index in [1.54, 1.807) is 19.9 Å². The summed E-state index contributed by atoms with van der Waals surface area (Å²) in [5.74, 6) is -1.40. The molecule has 2 aromatic heterocycles. The standard InChI is InChI=1S/C29H23FN4O8/c1-3-29(39)21-9-24-25-19(12-33(24)26(35)20(21)13-42-27(29)36)18(17-8-14(2)22(30)10-23(17)31-25)11-32(28(37)38)15-4-6-16(7-5-15)34(40)41/h4-10,39H,3,11-13H2,1-2H3,(H,37,38)/t29-/m0/s1. The van der Waals surface area contributed by atoms with Crippen LogP contribution in [0.15, 0.2) is 47.3 Å². The van der Waals surface area contributed by atoms with Crippen LogP contribution in [0.4, 0.5) is 20.6 Å². The molecule has 214 valence electrons. The van der Waals surface area contributed by atoms with E-state index in [1.807, 2.05) is 0 Å². The van der Waals surface area contributed by atoms with Gasteiger partial charge in [-0.05, 0) is 48.7 Å². The Balaban J connectivity index is 1.58. The average Bonchev–Trinajstić information content (AvgIpc) is 3.33. The van der Waals surface area contributed by atoms with E-state index in [1.165, 1.54) is 41.0 Å². The number of fused-ring (bicyclic) bond motifs is 5. The Morgan fingerprint density at radius 1 is 1.21 bits per heavy atom. The van der Waals surface area contributed by atoms with Crippen LogP contribution >= 0.6 is 0 Å². The fraction of sp³-hybridized carbons (Fsp3) is 0.241. The van der Waals surface area contributed by atoms with Gasteiger partial charge in [-0.1, -0.05) is 6.92 Å². The molecule has 4 aromatic rings. The van der Waals surface area contributed by atoms with Crippen LogP contribution in [0.3, 0.4) is 0 Å². The van der Waals surface area contributed by atoms with Crippen molar-refractivity contribution in [3.8, 4) is 11.4 Å². The molecule has 0 saturated carbocycles. The number of aromatic nitrogens is 2. The summed E-state index contributed by atoms with van der Waals surface area (Å²) < 4.78 is 21.3. The first-order valence-corrected chi connectivity index (χ1v) is 13.0. The van der Waals surface area contributed by atoms with Crippen molar-refractivity contribution in [1.29, 1.82) is 0 Å². The fourth-order valence-corrected chi connectivity index (χ4v) is 5.65. The zero-order valence-corrected chi connectivity index (χ0v) is 22.4. The van der Waals surface area contributed by atoms with Crippen LogP contribution in [-0.2, 0) is 34.8 Å². The van der Waals surface area contributed by atoms with Gasteiger partial charge >= 0.3 is 12.1 Å². The lowest BCUT2D eigenvalue weighted by Gasteiger charge is -2.31. The van der Waals surface area contributed by atoms with Crippen molar-refractivity contribution in [2.45, 2.75) is 45.6 Å². The number of anilines is 1. The summed E-state index contributed by atoms with van der Waals surface area (Å²) in [6.45, 7) is 2.58. The molecule has 12 nitrogen and oxygen atoms in total. The van der Waals surface area contributed by atoms with E-state index < -0.39 is 34.0 Å². The van der Waals surface area contributed by atoms with Gasteiger partial charge in [0.1, 0.15) is 12.4 Å². The molecule has 2 N–H and O–H groups in total. The van der Waals surface area contributed by atoms with Crippen LogP contribution in [0.25, 0.3) is 22.3 Å². The van der Waals surface area contributed by atoms with Gasteiger partial charge in [0.25, 0.3) is 11.2 Å². The third kappa shape index (κ3) is 3.92. The SMILES string of the molecule is CC[C@@]1(O)C(=O)OCc2c1cc1n(c2=O)Cc2c-1nc1cc(F)c(C)cc1c2CN(C(=O)O)c1ccc([N+](=O)[O-])cc1. The van der Waals surface area contributed by atoms with Gasteiger partial charge in [-0.25, -0.2) is 19.0 Å². The Labute approximate surface area is 236 Å². The number of nitro groups is 1. The molecule has 0 bridgehead atoms. The van der Waals surface area contributed by atoms with Crippen LogP contribution < -0.4 is 10.5 Å². The number of carbonyl (C=O) groups excluding carboxylic acids is 1. The lowest BCUT2D eigenvalue weighted by Crippen LogP contribution is -2.44. The first-order valence-electron chi connectivity index (χ1n) is 13.0. The van der Waals surface area contributed by atoms with Crippen LogP contribution in [0.2, 0.25) is 0 Å². The Bertz CT molecular complexity index is 1920. The van der Waals surface area contributed by atoms with E-state index in [9.17, 15) is 39.1 Å². The van der Waals surface area contributed by atoms with Gasteiger partial charge < -0.3 is 19.5 Å².